The molecule has 0 radical (unpaired) electrons. The van der Waals surface area contributed by atoms with Gasteiger partial charge >= 0.3 is 0 Å². The molecule has 0 aliphatic heterocycles. The molecule has 152 valence electrons. The van der Waals surface area contributed by atoms with E-state index in [4.69, 9.17) is 4.74 Å². The van der Waals surface area contributed by atoms with E-state index in [-0.39, 0.29) is 16.5 Å². The maximum absolute atomic E-state index is 13.0. The van der Waals surface area contributed by atoms with Gasteiger partial charge in [-0.15, -0.1) is 0 Å². The zero-order chi connectivity index (χ0) is 21.2. The average molecular weight is 414 g/mol. The molecule has 0 saturated carbocycles. The Labute approximate surface area is 169 Å². The molecule has 3 rings (SSSR count). The number of benzene rings is 2. The number of anilines is 2. The van der Waals surface area contributed by atoms with Crippen LogP contribution >= 0.6 is 0 Å². The van der Waals surface area contributed by atoms with Crippen molar-refractivity contribution < 1.29 is 17.9 Å². The molecular formula is C20H22N4O4S. The van der Waals surface area contributed by atoms with Gasteiger partial charge in [-0.1, -0.05) is 18.2 Å². The molecule has 0 spiro atoms. The molecule has 1 heterocycles. The highest BCUT2D eigenvalue weighted by atomic mass is 32.2. The Balaban J connectivity index is 1.98. The van der Waals surface area contributed by atoms with Crippen molar-refractivity contribution in [3.05, 3.63) is 59.9 Å². The third-order valence-corrected chi connectivity index (χ3v) is 5.67. The van der Waals surface area contributed by atoms with E-state index < -0.39 is 10.0 Å². The summed E-state index contributed by atoms with van der Waals surface area (Å²) < 4.78 is 35.5. The van der Waals surface area contributed by atoms with E-state index in [0.717, 1.165) is 5.69 Å². The minimum absolute atomic E-state index is 0.00619. The molecule has 9 heteroatoms. The van der Waals surface area contributed by atoms with Crippen LogP contribution in [0.5, 0.6) is 5.75 Å². The molecule has 0 fully saturated rings. The van der Waals surface area contributed by atoms with Gasteiger partial charge in [0.05, 0.1) is 40.5 Å². The fraction of sp³-hybridized carbons (Fsp3) is 0.200. The number of nitrogens with one attached hydrogen (secondary N) is 2. The second-order valence-electron chi connectivity index (χ2n) is 6.44. The van der Waals surface area contributed by atoms with Crippen molar-refractivity contribution in [1.82, 2.24) is 9.78 Å². The number of carbonyl (C=O) groups is 1. The number of aryl methyl sites for hydroxylation is 1. The first kappa shape index (κ1) is 20.4. The highest BCUT2D eigenvalue weighted by molar-refractivity contribution is 7.92. The maximum Gasteiger partial charge on any atom is 0.262 e. The Morgan fingerprint density at radius 3 is 2.41 bits per heavy atom. The predicted molar refractivity (Wildman–Crippen MR) is 111 cm³/mol. The summed E-state index contributed by atoms with van der Waals surface area (Å²) >= 11 is 0. The molecule has 8 nitrogen and oxygen atoms in total. The zero-order valence-electron chi connectivity index (χ0n) is 16.6. The Hall–Kier alpha value is -3.33. The van der Waals surface area contributed by atoms with Gasteiger partial charge in [0.15, 0.2) is 0 Å². The lowest BCUT2D eigenvalue weighted by Gasteiger charge is -2.13. The van der Waals surface area contributed by atoms with Gasteiger partial charge in [-0.3, -0.25) is 9.52 Å². The molecule has 1 aromatic heterocycles. The van der Waals surface area contributed by atoms with E-state index in [2.05, 4.69) is 15.1 Å². The number of hydrogen-bond acceptors (Lipinski definition) is 5. The van der Waals surface area contributed by atoms with E-state index >= 15 is 0 Å². The monoisotopic (exact) mass is 414 g/mol. The summed E-state index contributed by atoms with van der Waals surface area (Å²) in [4.78, 5) is 11.4. The highest BCUT2D eigenvalue weighted by Crippen LogP contribution is 2.30. The zero-order valence-corrected chi connectivity index (χ0v) is 17.4. The van der Waals surface area contributed by atoms with E-state index in [1.165, 1.54) is 32.2 Å². The summed E-state index contributed by atoms with van der Waals surface area (Å²) in [6.07, 6.45) is 0. The SMILES string of the molecule is COc1ccc(S(=O)(=O)Nc2c(C)nn(-c3ccccc3)c2C)cc1NC(C)=O. The van der Waals surface area contributed by atoms with Gasteiger partial charge in [-0.05, 0) is 44.2 Å². The van der Waals surface area contributed by atoms with Crippen molar-refractivity contribution in [3.8, 4) is 11.4 Å². The van der Waals surface area contributed by atoms with Gasteiger partial charge in [0.1, 0.15) is 5.75 Å². The largest absolute Gasteiger partial charge is 0.495 e. The molecule has 0 bridgehead atoms. The van der Waals surface area contributed by atoms with Gasteiger partial charge in [-0.25, -0.2) is 13.1 Å². The molecule has 2 N–H and O–H groups in total. The Morgan fingerprint density at radius 1 is 1.10 bits per heavy atom. The number of methoxy groups -OCH3 is 1. The predicted octanol–water partition coefficient (Wildman–Crippen LogP) is 3.26. The summed E-state index contributed by atoms with van der Waals surface area (Å²) in [6.45, 7) is 4.87. The lowest BCUT2D eigenvalue weighted by atomic mass is 10.3. The first-order valence-corrected chi connectivity index (χ1v) is 10.3. The molecule has 2 aromatic carbocycles. The lowest BCUT2D eigenvalue weighted by molar-refractivity contribution is -0.114. The van der Waals surface area contributed by atoms with Crippen molar-refractivity contribution in [3.63, 3.8) is 0 Å². The number of amides is 1. The molecule has 29 heavy (non-hydrogen) atoms. The number of hydrogen-bond donors (Lipinski definition) is 2. The molecular weight excluding hydrogens is 392 g/mol. The summed E-state index contributed by atoms with van der Waals surface area (Å²) in [5, 5.41) is 7.03. The molecule has 0 aliphatic rings. The third kappa shape index (κ3) is 4.24. The fourth-order valence-corrected chi connectivity index (χ4v) is 4.15. The lowest BCUT2D eigenvalue weighted by Crippen LogP contribution is -2.15. The van der Waals surface area contributed by atoms with E-state index in [1.807, 2.05) is 30.3 Å². The molecule has 0 aliphatic carbocycles. The van der Waals surface area contributed by atoms with Crippen molar-refractivity contribution >= 4 is 27.3 Å². The van der Waals surface area contributed by atoms with Gasteiger partial charge < -0.3 is 10.1 Å². The Kier molecular flexibility index (Phi) is 5.60. The standard InChI is InChI=1S/C20H22N4O4S/c1-13-20(14(2)24(22-13)16-8-6-5-7-9-16)23-29(26,27)17-10-11-19(28-4)18(12-17)21-15(3)25/h5-12,23H,1-4H3,(H,21,25). The average Bonchev–Trinajstić information content (AvgIpc) is 2.96. The van der Waals surface area contributed by atoms with E-state index in [9.17, 15) is 13.2 Å². The minimum atomic E-state index is -3.92. The van der Waals surface area contributed by atoms with Gasteiger partial charge in [0, 0.05) is 6.92 Å². The summed E-state index contributed by atoms with van der Waals surface area (Å²) in [5.74, 6) is 0.0324. The van der Waals surface area contributed by atoms with Crippen molar-refractivity contribution in [2.24, 2.45) is 0 Å². The maximum atomic E-state index is 13.0. The van der Waals surface area contributed by atoms with Crippen LogP contribution in [0.4, 0.5) is 11.4 Å². The van der Waals surface area contributed by atoms with Gasteiger partial charge in [-0.2, -0.15) is 5.10 Å². The number of rotatable bonds is 6. The van der Waals surface area contributed by atoms with Crippen LogP contribution in [-0.2, 0) is 14.8 Å². The quantitative estimate of drug-likeness (QED) is 0.645. The van der Waals surface area contributed by atoms with Crippen LogP contribution in [0.15, 0.2) is 53.4 Å². The normalized spacial score (nSPS) is 11.2. The summed E-state index contributed by atoms with van der Waals surface area (Å²) in [7, 11) is -2.48. The van der Waals surface area contributed by atoms with Crippen LogP contribution in [0, 0.1) is 13.8 Å². The van der Waals surface area contributed by atoms with Crippen LogP contribution in [0.2, 0.25) is 0 Å². The first-order chi connectivity index (χ1) is 13.7. The highest BCUT2D eigenvalue weighted by Gasteiger charge is 2.22. The van der Waals surface area contributed by atoms with Gasteiger partial charge in [0.25, 0.3) is 10.0 Å². The second kappa shape index (κ2) is 7.96. The number of carbonyl (C=O) groups excluding carboxylic acids is 1. The topological polar surface area (TPSA) is 102 Å². The third-order valence-electron chi connectivity index (χ3n) is 4.32. The Bertz CT molecular complexity index is 1150. The van der Waals surface area contributed by atoms with E-state index in [0.29, 0.717) is 22.8 Å². The number of nitrogens with zero attached hydrogens (tertiary/aromatic N) is 2. The van der Waals surface area contributed by atoms with Crippen LogP contribution in [-0.4, -0.2) is 31.2 Å². The summed E-state index contributed by atoms with van der Waals surface area (Å²) in [5.41, 5.74) is 2.72. The smallest absolute Gasteiger partial charge is 0.262 e. The second-order valence-corrected chi connectivity index (χ2v) is 8.12. The number of para-hydroxylation sites is 1. The number of aromatic nitrogens is 2. The van der Waals surface area contributed by atoms with Crippen molar-refractivity contribution in [1.29, 1.82) is 0 Å². The van der Waals surface area contributed by atoms with E-state index in [1.54, 1.807) is 18.5 Å². The molecule has 3 aromatic rings. The number of sulfonamides is 1. The Morgan fingerprint density at radius 2 is 1.79 bits per heavy atom. The minimum Gasteiger partial charge on any atom is -0.495 e. The van der Waals surface area contributed by atoms with Crippen LogP contribution in [0.1, 0.15) is 18.3 Å². The molecule has 0 atom stereocenters. The fourth-order valence-electron chi connectivity index (χ4n) is 2.95. The van der Waals surface area contributed by atoms with Gasteiger partial charge in [0.2, 0.25) is 5.91 Å². The first-order valence-electron chi connectivity index (χ1n) is 8.83. The molecule has 0 saturated heterocycles. The number of ether oxygens (including phenoxy) is 1. The van der Waals surface area contributed by atoms with Crippen molar-refractivity contribution in [2.75, 3.05) is 17.1 Å². The summed E-state index contributed by atoms with van der Waals surface area (Å²) in [6, 6.07) is 13.7. The molecule has 1 amide bonds. The van der Waals surface area contributed by atoms with Crippen LogP contribution < -0.4 is 14.8 Å². The van der Waals surface area contributed by atoms with Crippen LogP contribution in [0.25, 0.3) is 5.69 Å². The van der Waals surface area contributed by atoms with Crippen molar-refractivity contribution in [2.45, 2.75) is 25.7 Å². The molecule has 0 unspecified atom stereocenters. The van der Waals surface area contributed by atoms with Crippen LogP contribution in [0.3, 0.4) is 0 Å².